The molecule has 0 saturated carbocycles. The molecule has 0 amide bonds. The summed E-state index contributed by atoms with van der Waals surface area (Å²) in [6.45, 7) is -0.482. The fourth-order valence-electron chi connectivity index (χ4n) is 3.05. The number of phenols is 3. The fraction of sp³-hybridized carbons (Fsp3) is 0.318. The first-order valence-electron chi connectivity index (χ1n) is 9.73. The minimum Gasteiger partial charge on any atom is -0.504 e. The van der Waals surface area contributed by atoms with Crippen LogP contribution in [-0.2, 0) is 14.2 Å². The summed E-state index contributed by atoms with van der Waals surface area (Å²) < 4.78 is 15.9. The van der Waals surface area contributed by atoms with Gasteiger partial charge >= 0.3 is 5.97 Å². The van der Waals surface area contributed by atoms with E-state index in [4.69, 9.17) is 14.2 Å². The van der Waals surface area contributed by atoms with Gasteiger partial charge in [-0.05, 0) is 17.7 Å². The van der Waals surface area contributed by atoms with Gasteiger partial charge in [0.1, 0.15) is 31.0 Å². The molecule has 1 heterocycles. The molecule has 3 rings (SSSR count). The van der Waals surface area contributed by atoms with Crippen molar-refractivity contribution in [2.45, 2.75) is 30.7 Å². The number of rotatable bonds is 7. The molecular formula is C22H24O10. The molecule has 2 aromatic rings. The summed E-state index contributed by atoms with van der Waals surface area (Å²) in [5.74, 6) is -3.22. The zero-order chi connectivity index (χ0) is 23.3. The molecule has 0 radical (unpaired) electrons. The van der Waals surface area contributed by atoms with Crippen LogP contribution in [0.1, 0.15) is 15.9 Å². The third-order valence-corrected chi connectivity index (χ3v) is 4.82. The molecule has 1 fully saturated rings. The third-order valence-electron chi connectivity index (χ3n) is 4.82. The molecule has 10 heteroatoms. The van der Waals surface area contributed by atoms with Gasteiger partial charge in [0, 0.05) is 0 Å². The highest BCUT2D eigenvalue weighted by Gasteiger charge is 2.44. The molecule has 0 spiro atoms. The molecule has 2 aromatic carbocycles. The number of aliphatic hydroxyl groups excluding tert-OH is 3. The van der Waals surface area contributed by atoms with Crippen molar-refractivity contribution < 1.29 is 49.6 Å². The average molecular weight is 448 g/mol. The topological polar surface area (TPSA) is 166 Å². The first-order valence-corrected chi connectivity index (χ1v) is 9.73. The minimum absolute atomic E-state index is 0.0397. The summed E-state index contributed by atoms with van der Waals surface area (Å²) in [6.07, 6.45) is -3.76. The van der Waals surface area contributed by atoms with E-state index in [1.54, 1.807) is 12.2 Å². The number of hydrogen-bond donors (Lipinski definition) is 6. The molecule has 0 unspecified atom stereocenters. The molecule has 172 valence electrons. The van der Waals surface area contributed by atoms with Crippen LogP contribution in [-0.4, -0.2) is 80.5 Å². The predicted octanol–water partition coefficient (Wildman–Crippen LogP) is 0.498. The second-order valence-corrected chi connectivity index (χ2v) is 7.12. The van der Waals surface area contributed by atoms with Gasteiger partial charge in [0.2, 0.25) is 0 Å². The summed E-state index contributed by atoms with van der Waals surface area (Å²) in [4.78, 5) is 12.2. The zero-order valence-corrected chi connectivity index (χ0v) is 16.8. The van der Waals surface area contributed by atoms with E-state index in [1.807, 2.05) is 30.3 Å². The van der Waals surface area contributed by atoms with Crippen LogP contribution in [0.25, 0.3) is 6.08 Å². The lowest BCUT2D eigenvalue weighted by molar-refractivity contribution is -0.298. The highest BCUT2D eigenvalue weighted by Crippen LogP contribution is 2.35. The summed E-state index contributed by atoms with van der Waals surface area (Å²) in [5.41, 5.74) is 0.676. The molecule has 0 aromatic heterocycles. The number of aromatic hydroxyl groups is 3. The smallest absolute Gasteiger partial charge is 0.338 e. The summed E-state index contributed by atoms with van der Waals surface area (Å²) in [6, 6.07) is 11.2. The lowest BCUT2D eigenvalue weighted by atomic mass is 9.99. The Bertz CT molecular complexity index is 922. The van der Waals surface area contributed by atoms with Crippen LogP contribution in [0.15, 0.2) is 48.5 Å². The van der Waals surface area contributed by atoms with E-state index in [-0.39, 0.29) is 12.2 Å². The number of ether oxygens (including phenoxy) is 3. The lowest BCUT2D eigenvalue weighted by Gasteiger charge is -2.39. The first kappa shape index (κ1) is 23.5. The van der Waals surface area contributed by atoms with Crippen LogP contribution in [0.2, 0.25) is 0 Å². The van der Waals surface area contributed by atoms with Crippen molar-refractivity contribution in [3.05, 3.63) is 59.7 Å². The molecule has 0 aliphatic carbocycles. The number of carbonyl (C=O) groups excluding carboxylic acids is 1. The normalized spacial score (nSPS) is 25.7. The molecule has 1 aliphatic heterocycles. The number of carbonyl (C=O) groups is 1. The SMILES string of the molecule is O=C(OC[C@@H]1O[C@H](OC/C=C/c2ccccc2)[C@@H](O)[C@@H](O)[C@@H]1O)c1cc(O)c(O)c(O)c1. The van der Waals surface area contributed by atoms with E-state index in [1.165, 1.54) is 0 Å². The maximum Gasteiger partial charge on any atom is 0.338 e. The van der Waals surface area contributed by atoms with Gasteiger partial charge in [-0.15, -0.1) is 0 Å². The van der Waals surface area contributed by atoms with Gasteiger partial charge in [-0.3, -0.25) is 0 Å². The lowest BCUT2D eigenvalue weighted by Crippen LogP contribution is -2.59. The van der Waals surface area contributed by atoms with Gasteiger partial charge in [-0.25, -0.2) is 4.79 Å². The Kier molecular flexibility index (Phi) is 7.67. The Morgan fingerprint density at radius 1 is 0.969 bits per heavy atom. The van der Waals surface area contributed by atoms with Crippen LogP contribution in [0, 0.1) is 0 Å². The third kappa shape index (κ3) is 5.55. The van der Waals surface area contributed by atoms with Crippen molar-refractivity contribution in [1.82, 2.24) is 0 Å². The zero-order valence-electron chi connectivity index (χ0n) is 16.8. The second-order valence-electron chi connectivity index (χ2n) is 7.12. The molecule has 1 aliphatic rings. The van der Waals surface area contributed by atoms with Gasteiger partial charge in [0.25, 0.3) is 0 Å². The fourth-order valence-corrected chi connectivity index (χ4v) is 3.05. The standard InChI is InChI=1S/C22H24O10/c23-14-9-13(10-15(24)17(14)25)21(29)31-11-16-18(26)19(27)20(28)22(32-16)30-8-4-7-12-5-2-1-3-6-12/h1-7,9-10,16,18-20,22-28H,8,11H2/b7-4+/t16-,18+,19-,20-,22-/m0/s1. The maximum absolute atomic E-state index is 12.2. The van der Waals surface area contributed by atoms with Crippen molar-refractivity contribution in [2.75, 3.05) is 13.2 Å². The number of esters is 1. The molecular weight excluding hydrogens is 424 g/mol. The van der Waals surface area contributed by atoms with Crippen molar-refractivity contribution in [1.29, 1.82) is 0 Å². The van der Waals surface area contributed by atoms with Crippen LogP contribution in [0.3, 0.4) is 0 Å². The van der Waals surface area contributed by atoms with Gasteiger partial charge < -0.3 is 44.8 Å². The number of phenolic OH excluding ortho intramolecular Hbond substituents is 3. The molecule has 0 bridgehead atoms. The van der Waals surface area contributed by atoms with Gasteiger partial charge in [-0.2, -0.15) is 0 Å². The maximum atomic E-state index is 12.2. The molecule has 32 heavy (non-hydrogen) atoms. The molecule has 10 nitrogen and oxygen atoms in total. The van der Waals surface area contributed by atoms with Crippen molar-refractivity contribution >= 4 is 12.0 Å². The average Bonchev–Trinajstić information content (AvgIpc) is 2.79. The minimum atomic E-state index is -1.61. The highest BCUT2D eigenvalue weighted by molar-refractivity contribution is 5.91. The molecule has 5 atom stereocenters. The quantitative estimate of drug-likeness (QED) is 0.259. The largest absolute Gasteiger partial charge is 0.504 e. The van der Waals surface area contributed by atoms with Crippen LogP contribution in [0.4, 0.5) is 0 Å². The molecule has 6 N–H and O–H groups in total. The van der Waals surface area contributed by atoms with Crippen LogP contribution in [0.5, 0.6) is 17.2 Å². The Morgan fingerprint density at radius 3 is 2.28 bits per heavy atom. The number of aliphatic hydroxyl groups is 3. The van der Waals surface area contributed by atoms with E-state index in [2.05, 4.69) is 0 Å². The van der Waals surface area contributed by atoms with E-state index in [0.717, 1.165) is 17.7 Å². The van der Waals surface area contributed by atoms with Crippen molar-refractivity contribution in [2.24, 2.45) is 0 Å². The van der Waals surface area contributed by atoms with E-state index in [0.29, 0.717) is 0 Å². The summed E-state index contributed by atoms with van der Waals surface area (Å²) in [5, 5.41) is 58.7. The number of benzene rings is 2. The second kappa shape index (κ2) is 10.4. The van der Waals surface area contributed by atoms with E-state index in [9.17, 15) is 35.4 Å². The Hall–Kier alpha value is -3.15. The highest BCUT2D eigenvalue weighted by atomic mass is 16.7. The van der Waals surface area contributed by atoms with Crippen molar-refractivity contribution in [3.63, 3.8) is 0 Å². The van der Waals surface area contributed by atoms with Gasteiger partial charge in [-0.1, -0.05) is 42.5 Å². The van der Waals surface area contributed by atoms with Crippen LogP contribution >= 0.6 is 0 Å². The van der Waals surface area contributed by atoms with E-state index < -0.39 is 60.5 Å². The van der Waals surface area contributed by atoms with Gasteiger partial charge in [0.05, 0.1) is 12.2 Å². The summed E-state index contributed by atoms with van der Waals surface area (Å²) >= 11 is 0. The van der Waals surface area contributed by atoms with Crippen molar-refractivity contribution in [3.8, 4) is 17.2 Å². The van der Waals surface area contributed by atoms with E-state index >= 15 is 0 Å². The Morgan fingerprint density at radius 2 is 1.62 bits per heavy atom. The monoisotopic (exact) mass is 448 g/mol. The van der Waals surface area contributed by atoms with Gasteiger partial charge in [0.15, 0.2) is 23.5 Å². The Labute approximate surface area is 183 Å². The predicted molar refractivity (Wildman–Crippen MR) is 110 cm³/mol. The summed E-state index contributed by atoms with van der Waals surface area (Å²) in [7, 11) is 0. The van der Waals surface area contributed by atoms with Crippen LogP contribution < -0.4 is 0 Å². The first-order chi connectivity index (χ1) is 15.3. The molecule has 1 saturated heterocycles. The Balaban J connectivity index is 1.57. The number of hydrogen-bond acceptors (Lipinski definition) is 10.